The number of hydrazine groups is 1. The molecule has 27 heavy (non-hydrogen) atoms. The summed E-state index contributed by atoms with van der Waals surface area (Å²) < 4.78 is 5.74. The number of ether oxygens (including phenoxy) is 1. The van der Waals surface area contributed by atoms with Gasteiger partial charge in [0.1, 0.15) is 5.75 Å². The monoisotopic (exact) mass is 405 g/mol. The van der Waals surface area contributed by atoms with Crippen molar-refractivity contribution in [1.82, 2.24) is 16.2 Å². The molecule has 0 fully saturated rings. The van der Waals surface area contributed by atoms with E-state index in [1.165, 1.54) is 17.8 Å². The van der Waals surface area contributed by atoms with Crippen molar-refractivity contribution < 1.29 is 14.3 Å². The van der Waals surface area contributed by atoms with Crippen LogP contribution in [0, 0.1) is 0 Å². The third-order valence-corrected chi connectivity index (χ3v) is 4.72. The Morgan fingerprint density at radius 2 is 1.85 bits per heavy atom. The van der Waals surface area contributed by atoms with E-state index in [1.807, 2.05) is 6.07 Å². The molecule has 2 aromatic rings. The Kier molecular flexibility index (Phi) is 8.73. The Morgan fingerprint density at radius 1 is 1.04 bits per heavy atom. The first-order valence-corrected chi connectivity index (χ1v) is 10.1. The van der Waals surface area contributed by atoms with Crippen LogP contribution in [0.5, 0.6) is 5.75 Å². The number of thiocarbonyl (C=S) groups is 1. The van der Waals surface area contributed by atoms with Gasteiger partial charge in [0.15, 0.2) is 5.11 Å². The third kappa shape index (κ3) is 6.99. The maximum Gasteiger partial charge on any atom is 0.279 e. The van der Waals surface area contributed by atoms with Gasteiger partial charge in [-0.15, -0.1) is 11.3 Å². The number of carbonyl (C=O) groups excluding carboxylic acids is 2. The molecule has 0 bridgehead atoms. The Balaban J connectivity index is 1.83. The van der Waals surface area contributed by atoms with Crippen molar-refractivity contribution in [2.45, 2.75) is 32.6 Å². The van der Waals surface area contributed by atoms with Crippen LogP contribution >= 0.6 is 23.6 Å². The van der Waals surface area contributed by atoms with Crippen molar-refractivity contribution in [3.8, 4) is 5.75 Å². The highest BCUT2D eigenvalue weighted by atomic mass is 32.1. The van der Waals surface area contributed by atoms with Gasteiger partial charge >= 0.3 is 0 Å². The summed E-state index contributed by atoms with van der Waals surface area (Å²) in [6.07, 6.45) is 4.37. The average molecular weight is 406 g/mol. The SMILES string of the molecule is CCCCCCOc1ccccc1C(=O)NC(=S)NNC(=O)c1cccs1. The smallest absolute Gasteiger partial charge is 0.279 e. The molecular formula is C19H23N3O3S2. The molecule has 144 valence electrons. The first-order chi connectivity index (χ1) is 13.1. The average Bonchev–Trinajstić information content (AvgIpc) is 3.21. The lowest BCUT2D eigenvalue weighted by atomic mass is 10.2. The van der Waals surface area contributed by atoms with Crippen LogP contribution in [0.15, 0.2) is 41.8 Å². The summed E-state index contributed by atoms with van der Waals surface area (Å²) in [5.74, 6) is -0.212. The molecule has 0 aliphatic heterocycles. The maximum atomic E-state index is 12.5. The van der Waals surface area contributed by atoms with Crippen LogP contribution in [0.2, 0.25) is 0 Å². The molecule has 0 saturated heterocycles. The number of thiophene rings is 1. The number of rotatable bonds is 8. The van der Waals surface area contributed by atoms with Crippen LogP contribution in [0.3, 0.4) is 0 Å². The fraction of sp³-hybridized carbons (Fsp3) is 0.316. The fourth-order valence-electron chi connectivity index (χ4n) is 2.28. The zero-order valence-electron chi connectivity index (χ0n) is 15.1. The second kappa shape index (κ2) is 11.3. The van der Waals surface area contributed by atoms with E-state index >= 15 is 0 Å². The lowest BCUT2D eigenvalue weighted by molar-refractivity contribution is 0.0937. The molecule has 8 heteroatoms. The quantitative estimate of drug-likeness (QED) is 0.355. The van der Waals surface area contributed by atoms with E-state index in [2.05, 4.69) is 23.1 Å². The van der Waals surface area contributed by atoms with Gasteiger partial charge in [-0.05, 0) is 42.2 Å². The molecule has 0 radical (unpaired) electrons. The van der Waals surface area contributed by atoms with Gasteiger partial charge < -0.3 is 4.74 Å². The highest BCUT2D eigenvalue weighted by Gasteiger charge is 2.14. The Hall–Kier alpha value is -2.45. The van der Waals surface area contributed by atoms with Crippen LogP contribution in [-0.2, 0) is 0 Å². The lowest BCUT2D eigenvalue weighted by Gasteiger charge is -2.13. The number of hydrogen-bond acceptors (Lipinski definition) is 5. The van der Waals surface area contributed by atoms with Gasteiger partial charge in [-0.3, -0.25) is 25.8 Å². The minimum absolute atomic E-state index is 0.00246. The largest absolute Gasteiger partial charge is 0.493 e. The lowest BCUT2D eigenvalue weighted by Crippen LogP contribution is -2.48. The van der Waals surface area contributed by atoms with Crippen molar-refractivity contribution >= 4 is 40.5 Å². The van der Waals surface area contributed by atoms with Gasteiger partial charge in [-0.1, -0.05) is 44.4 Å². The van der Waals surface area contributed by atoms with Crippen LogP contribution in [-0.4, -0.2) is 23.5 Å². The van der Waals surface area contributed by atoms with Crippen LogP contribution in [0.4, 0.5) is 0 Å². The predicted molar refractivity (Wildman–Crippen MR) is 111 cm³/mol. The minimum Gasteiger partial charge on any atom is -0.493 e. The van der Waals surface area contributed by atoms with Gasteiger partial charge in [0.05, 0.1) is 17.0 Å². The van der Waals surface area contributed by atoms with Gasteiger partial charge in [0, 0.05) is 0 Å². The van der Waals surface area contributed by atoms with Crippen molar-refractivity contribution in [3.05, 3.63) is 52.2 Å². The molecule has 0 aliphatic rings. The number of para-hydroxylation sites is 1. The number of benzene rings is 1. The summed E-state index contributed by atoms with van der Waals surface area (Å²) >= 11 is 6.37. The van der Waals surface area contributed by atoms with Crippen molar-refractivity contribution in [2.24, 2.45) is 0 Å². The molecule has 2 rings (SSSR count). The van der Waals surface area contributed by atoms with Crippen LogP contribution < -0.4 is 20.9 Å². The molecule has 0 atom stereocenters. The van der Waals surface area contributed by atoms with E-state index in [0.29, 0.717) is 22.8 Å². The summed E-state index contributed by atoms with van der Waals surface area (Å²) in [6.45, 7) is 2.71. The normalized spacial score (nSPS) is 10.1. The number of nitrogens with one attached hydrogen (secondary N) is 3. The first-order valence-electron chi connectivity index (χ1n) is 8.78. The highest BCUT2D eigenvalue weighted by Crippen LogP contribution is 2.18. The van der Waals surface area contributed by atoms with Gasteiger partial charge in [-0.2, -0.15) is 0 Å². The molecule has 0 saturated carbocycles. The van der Waals surface area contributed by atoms with E-state index < -0.39 is 5.91 Å². The van der Waals surface area contributed by atoms with Crippen LogP contribution in [0.25, 0.3) is 0 Å². The zero-order chi connectivity index (χ0) is 19.5. The van der Waals surface area contributed by atoms with Gasteiger partial charge in [-0.25, -0.2) is 0 Å². The number of carbonyl (C=O) groups is 2. The van der Waals surface area contributed by atoms with Crippen LogP contribution in [0.1, 0.15) is 52.6 Å². The van der Waals surface area contributed by atoms with Crippen molar-refractivity contribution in [1.29, 1.82) is 0 Å². The van der Waals surface area contributed by atoms with Gasteiger partial charge in [0.2, 0.25) is 0 Å². The molecule has 0 aliphatic carbocycles. The highest BCUT2D eigenvalue weighted by molar-refractivity contribution is 7.80. The Bertz CT molecular complexity index is 763. The number of amides is 2. The van der Waals surface area contributed by atoms with E-state index in [1.54, 1.807) is 35.7 Å². The molecular weight excluding hydrogens is 382 g/mol. The summed E-state index contributed by atoms with van der Waals surface area (Å²) in [7, 11) is 0. The summed E-state index contributed by atoms with van der Waals surface area (Å²) in [5.41, 5.74) is 5.36. The Morgan fingerprint density at radius 3 is 2.59 bits per heavy atom. The molecule has 1 aromatic carbocycles. The van der Waals surface area contributed by atoms with E-state index in [-0.39, 0.29) is 11.0 Å². The van der Waals surface area contributed by atoms with Gasteiger partial charge in [0.25, 0.3) is 11.8 Å². The number of unbranched alkanes of at least 4 members (excludes halogenated alkanes) is 3. The van der Waals surface area contributed by atoms with Crippen molar-refractivity contribution in [2.75, 3.05) is 6.61 Å². The molecule has 3 N–H and O–H groups in total. The van der Waals surface area contributed by atoms with E-state index in [9.17, 15) is 9.59 Å². The van der Waals surface area contributed by atoms with E-state index in [4.69, 9.17) is 17.0 Å². The maximum absolute atomic E-state index is 12.5. The summed E-state index contributed by atoms with van der Waals surface area (Å²) in [4.78, 5) is 24.9. The molecule has 0 spiro atoms. The minimum atomic E-state index is -0.401. The predicted octanol–water partition coefficient (Wildman–Crippen LogP) is 3.66. The zero-order valence-corrected chi connectivity index (χ0v) is 16.8. The molecule has 6 nitrogen and oxygen atoms in total. The fourth-order valence-corrected chi connectivity index (χ4v) is 3.04. The topological polar surface area (TPSA) is 79.5 Å². The second-order valence-corrected chi connectivity index (χ2v) is 7.10. The molecule has 1 heterocycles. The number of hydrogen-bond donors (Lipinski definition) is 3. The molecule has 0 unspecified atom stereocenters. The van der Waals surface area contributed by atoms with E-state index in [0.717, 1.165) is 19.3 Å². The standard InChI is InChI=1S/C19H23N3O3S2/c1-2-3-4-7-12-25-15-10-6-5-9-14(15)17(23)20-19(26)22-21-18(24)16-11-8-13-27-16/h5-6,8-11,13H,2-4,7,12H2,1H3,(H,21,24)(H2,20,22,23,26). The third-order valence-electron chi connectivity index (χ3n) is 3.65. The molecule has 1 aromatic heterocycles. The summed E-state index contributed by atoms with van der Waals surface area (Å²) in [6, 6.07) is 10.5. The van der Waals surface area contributed by atoms with Crippen molar-refractivity contribution in [3.63, 3.8) is 0 Å². The molecule has 2 amide bonds. The Labute approximate surface area is 168 Å². The first kappa shape index (κ1) is 20.9. The summed E-state index contributed by atoms with van der Waals surface area (Å²) in [5, 5.41) is 4.34. The second-order valence-electron chi connectivity index (χ2n) is 5.74.